The number of benzene rings is 1. The van der Waals surface area contributed by atoms with E-state index in [1.54, 1.807) is 6.20 Å². The molecule has 0 amide bonds. The molecule has 1 saturated heterocycles. The third-order valence-corrected chi connectivity index (χ3v) is 9.83. The zero-order valence-corrected chi connectivity index (χ0v) is 22.1. The highest BCUT2D eigenvalue weighted by Crippen LogP contribution is 2.49. The molecule has 0 saturated carbocycles. The number of pyridine rings is 1. The molecule has 2 aromatic heterocycles. The fourth-order valence-electron chi connectivity index (χ4n) is 6.06. The number of likely N-dealkylation sites (N-methyl/N-ethyl adjacent to an activating group) is 1. The largest absolute Gasteiger partial charge is 0.462 e. The number of carbonyl (C=O) groups is 1. The molecule has 1 aliphatic carbocycles. The zero-order chi connectivity index (χ0) is 24.3. The number of methoxy groups -OCH3 is 1. The van der Waals surface area contributed by atoms with Crippen molar-refractivity contribution >= 4 is 30.1 Å². The van der Waals surface area contributed by atoms with Crippen molar-refractivity contribution in [2.75, 3.05) is 27.3 Å². The molecule has 0 N–H and O–H groups in total. The first-order valence-corrected chi connectivity index (χ1v) is 15.6. The number of carbonyl (C=O) groups excluding carboxylic acids is 1. The molecule has 1 aliphatic heterocycles. The van der Waals surface area contributed by atoms with Crippen molar-refractivity contribution in [2.24, 2.45) is 13.0 Å². The van der Waals surface area contributed by atoms with Crippen LogP contribution in [0.1, 0.15) is 27.9 Å². The van der Waals surface area contributed by atoms with Gasteiger partial charge in [0.05, 0.1) is 20.2 Å². The molecule has 2 aliphatic rings. The fourth-order valence-corrected chi connectivity index (χ4v) is 7.12. The second-order valence-corrected chi connectivity index (χ2v) is 16.2. The van der Waals surface area contributed by atoms with Gasteiger partial charge in [-0.05, 0) is 48.3 Å². The van der Waals surface area contributed by atoms with Crippen molar-refractivity contribution in [1.82, 2.24) is 14.5 Å². The van der Waals surface area contributed by atoms with Crippen LogP contribution in [0.15, 0.2) is 42.9 Å². The van der Waals surface area contributed by atoms with E-state index in [0.29, 0.717) is 12.2 Å². The summed E-state index contributed by atoms with van der Waals surface area (Å²) in [7, 11) is 4.56. The number of esters is 1. The summed E-state index contributed by atoms with van der Waals surface area (Å²) in [5.41, 5.74) is 4.01. The van der Waals surface area contributed by atoms with Gasteiger partial charge in [0.2, 0.25) is 0 Å². The van der Waals surface area contributed by atoms with Crippen LogP contribution in [0.4, 0.5) is 0 Å². The second kappa shape index (κ2) is 8.32. The number of ether oxygens (including phenoxy) is 2. The van der Waals surface area contributed by atoms with Gasteiger partial charge in [-0.3, -0.25) is 9.88 Å². The van der Waals surface area contributed by atoms with Crippen LogP contribution < -0.4 is 5.19 Å². The third kappa shape index (κ3) is 3.70. The molecule has 3 heterocycles. The van der Waals surface area contributed by atoms with Gasteiger partial charge in [0.25, 0.3) is 0 Å². The summed E-state index contributed by atoms with van der Waals surface area (Å²) < 4.78 is 14.5. The van der Waals surface area contributed by atoms with Crippen molar-refractivity contribution in [3.8, 4) is 0 Å². The topological polar surface area (TPSA) is 56.6 Å². The van der Waals surface area contributed by atoms with Crippen molar-refractivity contribution < 1.29 is 14.3 Å². The van der Waals surface area contributed by atoms with Crippen LogP contribution in [-0.2, 0) is 28.5 Å². The molecular weight excluding hydrogens is 442 g/mol. The Morgan fingerprint density at radius 2 is 2.03 bits per heavy atom. The standard InChI is InChI=1S/C27H35N3O3Si/c1-29-16-20-11-24-27(32-3,22-8-7-9-23(29)25(20)22)12-18(15-30(24)2)17-33-26(31)19-10-21(14-28-13-19)34(4,5)6/h7-10,13-14,16,18,24H,11-12,15,17H2,1-6H3/t18-,24-,27+/m1/s1. The first-order chi connectivity index (χ1) is 16.1. The molecule has 0 radical (unpaired) electrons. The second-order valence-electron chi connectivity index (χ2n) is 11.1. The normalized spacial score (nSPS) is 24.8. The Labute approximate surface area is 202 Å². The van der Waals surface area contributed by atoms with E-state index in [-0.39, 0.29) is 17.9 Å². The summed E-state index contributed by atoms with van der Waals surface area (Å²) in [5.74, 6) is -0.112. The highest BCUT2D eigenvalue weighted by atomic mass is 28.3. The van der Waals surface area contributed by atoms with Gasteiger partial charge in [-0.2, -0.15) is 0 Å². The van der Waals surface area contributed by atoms with Crippen molar-refractivity contribution in [2.45, 2.75) is 44.1 Å². The number of aromatic nitrogens is 2. The van der Waals surface area contributed by atoms with Crippen LogP contribution in [0.2, 0.25) is 19.6 Å². The van der Waals surface area contributed by atoms with Crippen molar-refractivity contribution in [3.63, 3.8) is 0 Å². The van der Waals surface area contributed by atoms with Crippen LogP contribution in [0.3, 0.4) is 0 Å². The van der Waals surface area contributed by atoms with Crippen molar-refractivity contribution in [1.29, 1.82) is 0 Å². The molecule has 34 heavy (non-hydrogen) atoms. The highest BCUT2D eigenvalue weighted by Gasteiger charge is 2.51. The predicted molar refractivity (Wildman–Crippen MR) is 137 cm³/mol. The minimum Gasteiger partial charge on any atom is -0.462 e. The Morgan fingerprint density at radius 3 is 2.76 bits per heavy atom. The minimum absolute atomic E-state index is 0.179. The number of nitrogens with zero attached hydrogens (tertiary/aromatic N) is 3. The van der Waals surface area contributed by atoms with Crippen LogP contribution >= 0.6 is 0 Å². The molecule has 3 atom stereocenters. The van der Waals surface area contributed by atoms with Gasteiger partial charge in [-0.25, -0.2) is 4.79 Å². The lowest BCUT2D eigenvalue weighted by Crippen LogP contribution is -2.60. The molecule has 5 rings (SSSR count). The average Bonchev–Trinajstić information content (AvgIpc) is 3.14. The van der Waals surface area contributed by atoms with Crippen LogP contribution in [0.5, 0.6) is 0 Å². The number of piperidine rings is 1. The SMILES string of the molecule is CO[C@]12C[C@@H](COC(=O)c3cncc([Si](C)(C)C)c3)CN(C)[C@@H]1Cc1cn(C)c3cccc2c13. The van der Waals surface area contributed by atoms with Gasteiger partial charge in [0.15, 0.2) is 0 Å². The maximum atomic E-state index is 12.9. The minimum atomic E-state index is -1.55. The van der Waals surface area contributed by atoms with E-state index < -0.39 is 13.7 Å². The molecule has 1 fully saturated rings. The Hall–Kier alpha value is -2.48. The van der Waals surface area contributed by atoms with E-state index in [9.17, 15) is 4.79 Å². The van der Waals surface area contributed by atoms with Gasteiger partial charge >= 0.3 is 5.97 Å². The quantitative estimate of drug-likeness (QED) is 0.414. The number of hydrogen-bond donors (Lipinski definition) is 0. The molecule has 0 bridgehead atoms. The van der Waals surface area contributed by atoms with E-state index in [2.05, 4.69) is 72.6 Å². The van der Waals surface area contributed by atoms with E-state index in [1.807, 2.05) is 19.4 Å². The van der Waals surface area contributed by atoms with E-state index in [1.165, 1.54) is 22.0 Å². The lowest BCUT2D eigenvalue weighted by molar-refractivity contribution is -0.131. The molecule has 6 nitrogen and oxygen atoms in total. The van der Waals surface area contributed by atoms with E-state index >= 15 is 0 Å². The molecule has 3 aromatic rings. The predicted octanol–water partition coefficient (Wildman–Crippen LogP) is 3.69. The van der Waals surface area contributed by atoms with Crippen LogP contribution in [0, 0.1) is 5.92 Å². The van der Waals surface area contributed by atoms with E-state index in [4.69, 9.17) is 9.47 Å². The maximum absolute atomic E-state index is 12.9. The molecule has 1 aromatic carbocycles. The van der Waals surface area contributed by atoms with Gasteiger partial charge in [0.1, 0.15) is 5.60 Å². The number of rotatable bonds is 5. The molecule has 0 unspecified atom stereocenters. The van der Waals surface area contributed by atoms with Crippen LogP contribution in [0.25, 0.3) is 10.9 Å². The van der Waals surface area contributed by atoms with Gasteiger partial charge < -0.3 is 14.0 Å². The van der Waals surface area contributed by atoms with Gasteiger partial charge in [-0.15, -0.1) is 0 Å². The molecule has 7 heteroatoms. The monoisotopic (exact) mass is 477 g/mol. The average molecular weight is 478 g/mol. The maximum Gasteiger partial charge on any atom is 0.339 e. The number of fused-ring (bicyclic) bond motifs is 2. The Balaban J connectivity index is 1.39. The summed E-state index contributed by atoms with van der Waals surface area (Å²) in [6.07, 6.45) is 7.54. The summed E-state index contributed by atoms with van der Waals surface area (Å²) in [6, 6.07) is 8.74. The molecule has 0 spiro atoms. The number of aryl methyl sites for hydroxylation is 1. The first kappa shape index (κ1) is 23.3. The van der Waals surface area contributed by atoms with Gasteiger partial charge in [0, 0.05) is 62.2 Å². The first-order valence-electron chi connectivity index (χ1n) is 12.1. The van der Waals surface area contributed by atoms with Crippen LogP contribution in [-0.4, -0.2) is 61.8 Å². The fraction of sp³-hybridized carbons (Fsp3) is 0.481. The number of likely N-dealkylation sites (tertiary alicyclic amines) is 1. The lowest BCUT2D eigenvalue weighted by Gasteiger charge is -2.53. The van der Waals surface area contributed by atoms with Gasteiger partial charge in [-0.1, -0.05) is 31.8 Å². The Kier molecular flexibility index (Phi) is 5.70. The smallest absolute Gasteiger partial charge is 0.339 e. The van der Waals surface area contributed by atoms with Crippen molar-refractivity contribution in [3.05, 3.63) is 59.5 Å². The summed E-state index contributed by atoms with van der Waals surface area (Å²) in [6.45, 7) is 7.99. The third-order valence-electron chi connectivity index (χ3n) is 7.83. The Bertz CT molecular complexity index is 1250. The summed E-state index contributed by atoms with van der Waals surface area (Å²) in [5, 5.41) is 2.48. The zero-order valence-electron chi connectivity index (χ0n) is 21.1. The van der Waals surface area contributed by atoms with E-state index in [0.717, 1.165) is 24.6 Å². The molecular formula is C27H35N3O3Si. The Morgan fingerprint density at radius 1 is 1.24 bits per heavy atom. The molecule has 180 valence electrons. The number of hydrogen-bond acceptors (Lipinski definition) is 5. The summed E-state index contributed by atoms with van der Waals surface area (Å²) >= 11 is 0. The lowest BCUT2D eigenvalue weighted by atomic mass is 9.69. The highest BCUT2D eigenvalue weighted by molar-refractivity contribution is 6.88. The summed E-state index contributed by atoms with van der Waals surface area (Å²) in [4.78, 5) is 19.6.